The van der Waals surface area contributed by atoms with Crippen LogP contribution in [-0.2, 0) is 10.0 Å². The molecule has 2 rings (SSSR count). The van der Waals surface area contributed by atoms with Crippen LogP contribution in [0.2, 0.25) is 15.1 Å². The second kappa shape index (κ2) is 5.17. The van der Waals surface area contributed by atoms with Gasteiger partial charge < -0.3 is 0 Å². The van der Waals surface area contributed by atoms with Crippen LogP contribution in [0.25, 0.3) is 0 Å². The molecule has 18 heavy (non-hydrogen) atoms. The molecule has 0 saturated carbocycles. The van der Waals surface area contributed by atoms with E-state index >= 15 is 0 Å². The van der Waals surface area contributed by atoms with Gasteiger partial charge in [0.25, 0.3) is 0 Å². The highest BCUT2D eigenvalue weighted by Gasteiger charge is 2.35. The molecule has 0 spiro atoms. The first-order valence-corrected chi connectivity index (χ1v) is 8.08. The summed E-state index contributed by atoms with van der Waals surface area (Å²) in [5.74, 6) is 0. The first-order valence-electron chi connectivity index (χ1n) is 5.50. The van der Waals surface area contributed by atoms with E-state index in [-0.39, 0.29) is 21.0 Å². The summed E-state index contributed by atoms with van der Waals surface area (Å²) in [5, 5.41) is 0.441. The van der Waals surface area contributed by atoms with E-state index in [0.717, 1.165) is 12.8 Å². The van der Waals surface area contributed by atoms with Crippen LogP contribution in [0.5, 0.6) is 0 Å². The molecule has 1 saturated heterocycles. The molecule has 0 N–H and O–H groups in total. The van der Waals surface area contributed by atoms with Gasteiger partial charge in [-0.1, -0.05) is 34.8 Å². The zero-order valence-corrected chi connectivity index (χ0v) is 12.7. The third-order valence-electron chi connectivity index (χ3n) is 3.02. The van der Waals surface area contributed by atoms with Gasteiger partial charge in [-0.05, 0) is 31.9 Å². The fourth-order valence-electron chi connectivity index (χ4n) is 2.16. The number of hydrogen-bond acceptors (Lipinski definition) is 2. The summed E-state index contributed by atoms with van der Waals surface area (Å²) in [6, 6.07) is 2.75. The molecule has 1 aliphatic rings. The van der Waals surface area contributed by atoms with Gasteiger partial charge in [-0.3, -0.25) is 0 Å². The van der Waals surface area contributed by atoms with Crippen LogP contribution in [-0.4, -0.2) is 25.3 Å². The van der Waals surface area contributed by atoms with Crippen LogP contribution >= 0.6 is 34.8 Å². The summed E-state index contributed by atoms with van der Waals surface area (Å²) in [6.07, 6.45) is 1.70. The van der Waals surface area contributed by atoms with Crippen molar-refractivity contribution in [2.24, 2.45) is 0 Å². The van der Waals surface area contributed by atoms with Crippen molar-refractivity contribution in [1.82, 2.24) is 4.31 Å². The van der Waals surface area contributed by atoms with Crippen molar-refractivity contribution >= 4 is 44.8 Å². The van der Waals surface area contributed by atoms with Crippen molar-refractivity contribution in [2.45, 2.75) is 30.7 Å². The first-order chi connectivity index (χ1) is 8.34. The van der Waals surface area contributed by atoms with E-state index in [2.05, 4.69) is 0 Å². The number of benzene rings is 1. The molecule has 0 aliphatic carbocycles. The topological polar surface area (TPSA) is 37.4 Å². The van der Waals surface area contributed by atoms with Gasteiger partial charge in [0.2, 0.25) is 10.0 Å². The van der Waals surface area contributed by atoms with Gasteiger partial charge in [0, 0.05) is 17.6 Å². The summed E-state index contributed by atoms with van der Waals surface area (Å²) in [4.78, 5) is -0.0519. The van der Waals surface area contributed by atoms with Crippen molar-refractivity contribution in [2.75, 3.05) is 6.54 Å². The minimum Gasteiger partial charge on any atom is -0.207 e. The first kappa shape index (κ1) is 14.4. The van der Waals surface area contributed by atoms with Crippen molar-refractivity contribution < 1.29 is 8.42 Å². The van der Waals surface area contributed by atoms with E-state index in [4.69, 9.17) is 34.8 Å². The molecule has 0 radical (unpaired) electrons. The molecule has 1 aromatic rings. The van der Waals surface area contributed by atoms with Gasteiger partial charge >= 0.3 is 0 Å². The van der Waals surface area contributed by atoms with Crippen molar-refractivity contribution in [1.29, 1.82) is 0 Å². The second-order valence-corrected chi connectivity index (χ2v) is 7.38. The number of halogens is 3. The maximum absolute atomic E-state index is 12.5. The lowest BCUT2D eigenvalue weighted by molar-refractivity contribution is 0.408. The fraction of sp³-hybridized carbons (Fsp3) is 0.455. The molecule has 1 unspecified atom stereocenters. The van der Waals surface area contributed by atoms with E-state index in [9.17, 15) is 8.42 Å². The Balaban J connectivity index is 2.54. The van der Waals surface area contributed by atoms with E-state index in [1.54, 1.807) is 0 Å². The van der Waals surface area contributed by atoms with Crippen molar-refractivity contribution in [3.63, 3.8) is 0 Å². The van der Waals surface area contributed by atoms with Gasteiger partial charge in [-0.15, -0.1) is 0 Å². The Morgan fingerprint density at radius 2 is 1.78 bits per heavy atom. The Morgan fingerprint density at radius 1 is 1.22 bits per heavy atom. The zero-order chi connectivity index (χ0) is 13.5. The Labute approximate surface area is 122 Å². The molecule has 1 aliphatic heterocycles. The van der Waals surface area contributed by atoms with Crippen LogP contribution in [0.1, 0.15) is 19.8 Å². The predicted molar refractivity (Wildman–Crippen MR) is 74.1 cm³/mol. The van der Waals surface area contributed by atoms with Crippen molar-refractivity contribution in [3.8, 4) is 0 Å². The highest BCUT2D eigenvalue weighted by Crippen LogP contribution is 2.36. The van der Waals surface area contributed by atoms with E-state index in [0.29, 0.717) is 11.6 Å². The molecule has 1 atom stereocenters. The number of hydrogen-bond donors (Lipinski definition) is 0. The Bertz CT molecular complexity index is 551. The Kier molecular flexibility index (Phi) is 4.14. The summed E-state index contributed by atoms with van der Waals surface area (Å²) < 4.78 is 26.5. The summed E-state index contributed by atoms with van der Waals surface area (Å²) in [5.41, 5.74) is 0. The maximum Gasteiger partial charge on any atom is 0.246 e. The predicted octanol–water partition coefficient (Wildman–Crippen LogP) is 3.82. The molecule has 1 aromatic carbocycles. The molecule has 7 heteroatoms. The van der Waals surface area contributed by atoms with E-state index < -0.39 is 10.0 Å². The van der Waals surface area contributed by atoms with Crippen LogP contribution in [0.4, 0.5) is 0 Å². The number of nitrogens with zero attached hydrogens (tertiary/aromatic N) is 1. The monoisotopic (exact) mass is 327 g/mol. The fourth-order valence-corrected chi connectivity index (χ4v) is 5.35. The number of sulfonamides is 1. The highest BCUT2D eigenvalue weighted by atomic mass is 35.5. The standard InChI is InChI=1S/C11H12Cl3NO2S/c1-7-3-2-4-15(7)18(16,17)11-9(13)5-8(12)6-10(11)14/h5-7H,2-4H2,1H3. The minimum atomic E-state index is -3.66. The van der Waals surface area contributed by atoms with Crippen LogP contribution in [0.3, 0.4) is 0 Å². The second-order valence-electron chi connectivity index (χ2n) is 4.31. The molecular formula is C11H12Cl3NO2S. The molecule has 100 valence electrons. The van der Waals surface area contributed by atoms with Crippen LogP contribution in [0.15, 0.2) is 17.0 Å². The SMILES string of the molecule is CC1CCCN1S(=O)(=O)c1c(Cl)cc(Cl)cc1Cl. The molecular weight excluding hydrogens is 317 g/mol. The minimum absolute atomic E-state index is 0.0298. The molecule has 3 nitrogen and oxygen atoms in total. The maximum atomic E-state index is 12.5. The zero-order valence-electron chi connectivity index (χ0n) is 9.66. The van der Waals surface area contributed by atoms with Gasteiger partial charge in [-0.2, -0.15) is 4.31 Å². The Hall–Kier alpha value is -0.000000000000000111. The van der Waals surface area contributed by atoms with Gasteiger partial charge in [0.05, 0.1) is 10.0 Å². The smallest absolute Gasteiger partial charge is 0.207 e. The number of rotatable bonds is 2. The average Bonchev–Trinajstić information content (AvgIpc) is 2.62. The highest BCUT2D eigenvalue weighted by molar-refractivity contribution is 7.89. The third kappa shape index (κ3) is 2.49. The van der Waals surface area contributed by atoms with Crippen molar-refractivity contribution in [3.05, 3.63) is 27.2 Å². The van der Waals surface area contributed by atoms with Gasteiger partial charge in [0.15, 0.2) is 0 Å². The average molecular weight is 329 g/mol. The largest absolute Gasteiger partial charge is 0.246 e. The van der Waals surface area contributed by atoms with Gasteiger partial charge in [0.1, 0.15) is 4.90 Å². The molecule has 0 aromatic heterocycles. The van der Waals surface area contributed by atoms with E-state index in [1.807, 2.05) is 6.92 Å². The molecule has 0 amide bonds. The summed E-state index contributed by atoms with van der Waals surface area (Å²) in [7, 11) is -3.66. The van der Waals surface area contributed by atoms with Gasteiger partial charge in [-0.25, -0.2) is 8.42 Å². The normalized spacial score (nSPS) is 21.4. The van der Waals surface area contributed by atoms with Crippen LogP contribution < -0.4 is 0 Å². The summed E-state index contributed by atoms with van der Waals surface area (Å²) in [6.45, 7) is 2.38. The molecule has 0 bridgehead atoms. The molecule has 1 fully saturated rings. The van der Waals surface area contributed by atoms with Crippen LogP contribution in [0, 0.1) is 0 Å². The Morgan fingerprint density at radius 3 is 2.22 bits per heavy atom. The quantitative estimate of drug-likeness (QED) is 0.827. The lowest BCUT2D eigenvalue weighted by atomic mass is 10.3. The van der Waals surface area contributed by atoms with E-state index in [1.165, 1.54) is 16.4 Å². The third-order valence-corrected chi connectivity index (χ3v) is 6.18. The lowest BCUT2D eigenvalue weighted by Crippen LogP contribution is -2.34. The summed E-state index contributed by atoms with van der Waals surface area (Å²) >= 11 is 17.7. The molecule has 1 heterocycles. The lowest BCUT2D eigenvalue weighted by Gasteiger charge is -2.22.